The molecule has 2 heterocycles. The van der Waals surface area contributed by atoms with Gasteiger partial charge in [0, 0.05) is 39.2 Å². The van der Waals surface area contributed by atoms with Crippen molar-refractivity contribution >= 4 is 17.5 Å². The van der Waals surface area contributed by atoms with Crippen molar-refractivity contribution in [2.45, 2.75) is 13.0 Å². The van der Waals surface area contributed by atoms with Gasteiger partial charge in [-0.05, 0) is 29.3 Å². The van der Waals surface area contributed by atoms with E-state index in [1.807, 2.05) is 54.5 Å². The highest BCUT2D eigenvalue weighted by Gasteiger charge is 2.09. The maximum atomic E-state index is 12.4. The van der Waals surface area contributed by atoms with Crippen LogP contribution in [0.1, 0.15) is 11.1 Å². The van der Waals surface area contributed by atoms with Gasteiger partial charge in [-0.25, -0.2) is 4.98 Å². The average Bonchev–Trinajstić information content (AvgIpc) is 3.19. The minimum Gasteiger partial charge on any atom is -0.497 e. The van der Waals surface area contributed by atoms with Crippen LogP contribution in [0, 0.1) is 0 Å². The highest BCUT2D eigenvalue weighted by Crippen LogP contribution is 2.14. The molecule has 0 fully saturated rings. The van der Waals surface area contributed by atoms with E-state index in [0.717, 1.165) is 29.2 Å². The maximum absolute atomic E-state index is 12.4. The molecule has 1 amide bonds. The summed E-state index contributed by atoms with van der Waals surface area (Å²) in [6.07, 6.45) is 3.80. The van der Waals surface area contributed by atoms with Crippen LogP contribution in [0.15, 0.2) is 54.9 Å². The Balaban J connectivity index is 1.51. The minimum absolute atomic E-state index is 0.132. The maximum Gasteiger partial charge on any atom is 0.230 e. The fourth-order valence-electron chi connectivity index (χ4n) is 2.90. The number of anilines is 2. The lowest BCUT2D eigenvalue weighted by Gasteiger charge is -2.17. The van der Waals surface area contributed by atoms with Crippen LogP contribution in [0.2, 0.25) is 0 Å². The number of benzene rings is 1. The van der Waals surface area contributed by atoms with Crippen molar-refractivity contribution in [3.8, 4) is 5.75 Å². The highest BCUT2D eigenvalue weighted by atomic mass is 16.5. The molecule has 8 heteroatoms. The molecule has 1 N–H and O–H groups in total. The lowest BCUT2D eigenvalue weighted by atomic mass is 10.2. The van der Waals surface area contributed by atoms with Crippen LogP contribution in [0.3, 0.4) is 0 Å². The first-order valence-electron chi connectivity index (χ1n) is 9.68. The van der Waals surface area contributed by atoms with E-state index in [9.17, 15) is 4.79 Å². The third-order valence-corrected chi connectivity index (χ3v) is 4.61. The molecule has 0 bridgehead atoms. The summed E-state index contributed by atoms with van der Waals surface area (Å²) >= 11 is 0. The van der Waals surface area contributed by atoms with Gasteiger partial charge in [0.25, 0.3) is 0 Å². The van der Waals surface area contributed by atoms with Crippen molar-refractivity contribution in [3.63, 3.8) is 0 Å². The van der Waals surface area contributed by atoms with Crippen molar-refractivity contribution < 1.29 is 14.3 Å². The van der Waals surface area contributed by atoms with Crippen molar-refractivity contribution in [2.24, 2.45) is 0 Å². The number of hydrogen-bond donors (Lipinski definition) is 1. The molecule has 8 nitrogen and oxygen atoms in total. The molecule has 3 aromatic rings. The number of aromatic nitrogens is 3. The number of nitrogens with one attached hydrogen (secondary N) is 1. The Morgan fingerprint density at radius 3 is 2.53 bits per heavy atom. The molecular formula is C22H27N5O3. The number of carbonyl (C=O) groups excluding carboxylic acids is 1. The van der Waals surface area contributed by atoms with E-state index in [1.165, 1.54) is 0 Å². The van der Waals surface area contributed by atoms with E-state index in [4.69, 9.17) is 9.47 Å². The molecule has 158 valence electrons. The Bertz CT molecular complexity index is 938. The Kier molecular flexibility index (Phi) is 7.40. The third kappa shape index (κ3) is 6.05. The average molecular weight is 409 g/mol. The fraction of sp³-hybridized carbons (Fsp3) is 0.318. The van der Waals surface area contributed by atoms with Gasteiger partial charge in [-0.15, -0.1) is 0 Å². The molecule has 2 aromatic heterocycles. The number of likely N-dealkylation sites (N-methyl/N-ethyl adjacent to an activating group) is 1. The normalized spacial score (nSPS) is 10.6. The molecule has 1 aromatic carbocycles. The minimum atomic E-state index is -0.132. The van der Waals surface area contributed by atoms with E-state index >= 15 is 0 Å². The summed E-state index contributed by atoms with van der Waals surface area (Å²) in [5, 5.41) is 7.25. The van der Waals surface area contributed by atoms with Gasteiger partial charge in [-0.3, -0.25) is 9.48 Å². The zero-order valence-electron chi connectivity index (χ0n) is 17.5. The Morgan fingerprint density at radius 2 is 1.87 bits per heavy atom. The molecule has 0 aliphatic rings. The summed E-state index contributed by atoms with van der Waals surface area (Å²) < 4.78 is 12.0. The predicted octanol–water partition coefficient (Wildman–Crippen LogP) is 2.60. The third-order valence-electron chi connectivity index (χ3n) is 4.61. The number of nitrogens with zero attached hydrogens (tertiary/aromatic N) is 4. The van der Waals surface area contributed by atoms with Gasteiger partial charge in [-0.1, -0.05) is 18.2 Å². The smallest absolute Gasteiger partial charge is 0.230 e. The lowest BCUT2D eigenvalue weighted by Crippen LogP contribution is -2.23. The molecule has 0 aliphatic heterocycles. The first kappa shape index (κ1) is 21.3. The standard InChI is InChI=1S/C22H27N5O3/c1-26(12-13-29-2)21-9-6-18(15-23-21)14-22(28)24-20-10-11-27(25-20)16-17-4-7-19(30-3)8-5-17/h4-11,15H,12-14,16H2,1-3H3,(H,24,25,28). The highest BCUT2D eigenvalue weighted by molar-refractivity contribution is 5.91. The van der Waals surface area contributed by atoms with E-state index in [0.29, 0.717) is 19.0 Å². The lowest BCUT2D eigenvalue weighted by molar-refractivity contribution is -0.115. The SMILES string of the molecule is COCCN(C)c1ccc(CC(=O)Nc2ccn(Cc3ccc(OC)cc3)n2)cn1. The number of methoxy groups -OCH3 is 2. The summed E-state index contributed by atoms with van der Waals surface area (Å²) in [7, 11) is 5.27. The van der Waals surface area contributed by atoms with Crippen LogP contribution in [-0.4, -0.2) is 55.1 Å². The Labute approximate surface area is 176 Å². The molecule has 0 saturated carbocycles. The van der Waals surface area contributed by atoms with Crippen LogP contribution >= 0.6 is 0 Å². The number of ether oxygens (including phenoxy) is 2. The van der Waals surface area contributed by atoms with Gasteiger partial charge in [0.15, 0.2) is 5.82 Å². The number of carbonyl (C=O) groups is 1. The van der Waals surface area contributed by atoms with Gasteiger partial charge in [0.1, 0.15) is 11.6 Å². The number of hydrogen-bond acceptors (Lipinski definition) is 6. The van der Waals surface area contributed by atoms with E-state index < -0.39 is 0 Å². The molecule has 3 rings (SSSR count). The molecule has 0 radical (unpaired) electrons. The fourth-order valence-corrected chi connectivity index (χ4v) is 2.90. The van der Waals surface area contributed by atoms with Gasteiger partial charge >= 0.3 is 0 Å². The predicted molar refractivity (Wildman–Crippen MR) is 116 cm³/mol. The summed E-state index contributed by atoms with van der Waals surface area (Å²) in [6, 6.07) is 13.4. The molecule has 0 unspecified atom stereocenters. The topological polar surface area (TPSA) is 81.5 Å². The Hall–Kier alpha value is -3.39. The van der Waals surface area contributed by atoms with Crippen LogP contribution in [0.5, 0.6) is 5.75 Å². The zero-order valence-corrected chi connectivity index (χ0v) is 17.5. The zero-order chi connectivity index (χ0) is 21.3. The quantitative estimate of drug-likeness (QED) is 0.554. The summed E-state index contributed by atoms with van der Waals surface area (Å²) in [5.74, 6) is 2.05. The second-order valence-electron chi connectivity index (χ2n) is 6.91. The van der Waals surface area contributed by atoms with Crippen molar-refractivity contribution in [1.29, 1.82) is 0 Å². The molecule has 0 aliphatic carbocycles. The summed E-state index contributed by atoms with van der Waals surface area (Å²) in [4.78, 5) is 18.8. The van der Waals surface area contributed by atoms with E-state index in [-0.39, 0.29) is 12.3 Å². The summed E-state index contributed by atoms with van der Waals surface area (Å²) in [6.45, 7) is 2.00. The molecular weight excluding hydrogens is 382 g/mol. The molecule has 0 saturated heterocycles. The second kappa shape index (κ2) is 10.4. The molecule has 0 spiro atoms. The van der Waals surface area contributed by atoms with Crippen molar-refractivity contribution in [3.05, 3.63) is 66.0 Å². The van der Waals surface area contributed by atoms with Gasteiger partial charge in [-0.2, -0.15) is 5.10 Å². The first-order chi connectivity index (χ1) is 14.6. The Morgan fingerprint density at radius 1 is 1.10 bits per heavy atom. The molecule has 0 atom stereocenters. The van der Waals surface area contributed by atoms with Gasteiger partial charge in [0.2, 0.25) is 5.91 Å². The second-order valence-corrected chi connectivity index (χ2v) is 6.91. The largest absolute Gasteiger partial charge is 0.497 e. The van der Waals surface area contributed by atoms with Crippen LogP contribution in [-0.2, 0) is 22.5 Å². The number of rotatable bonds is 10. The van der Waals surface area contributed by atoms with Crippen molar-refractivity contribution in [2.75, 3.05) is 44.6 Å². The van der Waals surface area contributed by atoms with Crippen LogP contribution in [0.25, 0.3) is 0 Å². The number of amides is 1. The molecule has 30 heavy (non-hydrogen) atoms. The van der Waals surface area contributed by atoms with Crippen molar-refractivity contribution in [1.82, 2.24) is 14.8 Å². The van der Waals surface area contributed by atoms with E-state index in [2.05, 4.69) is 15.4 Å². The van der Waals surface area contributed by atoms with Crippen LogP contribution < -0.4 is 15.0 Å². The van der Waals surface area contributed by atoms with Gasteiger partial charge in [0.05, 0.1) is 26.7 Å². The van der Waals surface area contributed by atoms with Gasteiger partial charge < -0.3 is 19.7 Å². The monoisotopic (exact) mass is 409 g/mol. The summed E-state index contributed by atoms with van der Waals surface area (Å²) in [5.41, 5.74) is 1.94. The first-order valence-corrected chi connectivity index (χ1v) is 9.68. The van der Waals surface area contributed by atoms with Crippen LogP contribution in [0.4, 0.5) is 11.6 Å². The number of pyridine rings is 1. The van der Waals surface area contributed by atoms with E-state index in [1.54, 1.807) is 31.2 Å².